The van der Waals surface area contributed by atoms with Crippen LogP contribution in [0.15, 0.2) is 60.8 Å². The molecule has 0 atom stereocenters. The monoisotopic (exact) mass is 319 g/mol. The summed E-state index contributed by atoms with van der Waals surface area (Å²) >= 11 is 0. The highest BCUT2D eigenvalue weighted by Crippen LogP contribution is 2.20. The second-order valence-corrected chi connectivity index (χ2v) is 5.62. The predicted octanol–water partition coefficient (Wildman–Crippen LogP) is 3.81. The van der Waals surface area contributed by atoms with Gasteiger partial charge in [-0.3, -0.25) is 0 Å². The van der Waals surface area contributed by atoms with E-state index in [-0.39, 0.29) is 0 Å². The first-order valence-corrected chi connectivity index (χ1v) is 8.06. The largest absolute Gasteiger partial charge is 0.354 e. The number of benzene rings is 2. The number of aromatic nitrogens is 3. The summed E-state index contributed by atoms with van der Waals surface area (Å²) in [4.78, 5) is 6.64. The van der Waals surface area contributed by atoms with Gasteiger partial charge in [0.25, 0.3) is 0 Å². The van der Waals surface area contributed by atoms with Crippen LogP contribution in [0.25, 0.3) is 0 Å². The molecule has 0 bridgehead atoms. The smallest absolute Gasteiger partial charge is 0.249 e. The van der Waals surface area contributed by atoms with E-state index in [0.29, 0.717) is 5.95 Å². The molecule has 5 heteroatoms. The molecule has 0 saturated carbocycles. The molecule has 5 nitrogen and oxygen atoms in total. The van der Waals surface area contributed by atoms with Gasteiger partial charge in [-0.15, -0.1) is 5.10 Å². The van der Waals surface area contributed by atoms with Crippen LogP contribution in [0.5, 0.6) is 0 Å². The summed E-state index contributed by atoms with van der Waals surface area (Å²) in [5.41, 5.74) is 3.47. The van der Waals surface area contributed by atoms with Crippen molar-refractivity contribution in [3.05, 3.63) is 71.9 Å². The number of hydrogen-bond acceptors (Lipinski definition) is 5. The highest BCUT2D eigenvalue weighted by atomic mass is 15.3. The molecule has 0 aliphatic heterocycles. The van der Waals surface area contributed by atoms with E-state index in [4.69, 9.17) is 0 Å². The summed E-state index contributed by atoms with van der Waals surface area (Å²) in [6.07, 6.45) is 2.63. The number of anilines is 3. The lowest BCUT2D eigenvalue weighted by Gasteiger charge is -2.18. The van der Waals surface area contributed by atoms with Crippen molar-refractivity contribution in [2.45, 2.75) is 19.9 Å². The maximum absolute atomic E-state index is 4.58. The minimum Gasteiger partial charge on any atom is -0.354 e. The molecule has 0 spiro atoms. The van der Waals surface area contributed by atoms with Crippen LogP contribution >= 0.6 is 0 Å². The highest BCUT2D eigenvalue weighted by Gasteiger charge is 2.08. The molecule has 0 aliphatic carbocycles. The van der Waals surface area contributed by atoms with Gasteiger partial charge in [-0.05, 0) is 23.6 Å². The summed E-state index contributed by atoms with van der Waals surface area (Å²) < 4.78 is 0. The van der Waals surface area contributed by atoms with Crippen molar-refractivity contribution in [3.8, 4) is 0 Å². The van der Waals surface area contributed by atoms with Crippen LogP contribution in [0, 0.1) is 0 Å². The molecule has 0 amide bonds. The van der Waals surface area contributed by atoms with Crippen LogP contribution in [-0.2, 0) is 13.0 Å². The average Bonchev–Trinajstić information content (AvgIpc) is 2.63. The maximum atomic E-state index is 4.58. The van der Waals surface area contributed by atoms with Gasteiger partial charge in [0.05, 0.1) is 6.20 Å². The van der Waals surface area contributed by atoms with E-state index < -0.39 is 0 Å². The molecule has 24 heavy (non-hydrogen) atoms. The number of para-hydroxylation sites is 1. The summed E-state index contributed by atoms with van der Waals surface area (Å²) in [6.45, 7) is 2.90. The van der Waals surface area contributed by atoms with Gasteiger partial charge < -0.3 is 10.2 Å². The van der Waals surface area contributed by atoms with Crippen molar-refractivity contribution in [1.82, 2.24) is 15.2 Å². The van der Waals surface area contributed by atoms with Gasteiger partial charge in [0, 0.05) is 19.3 Å². The minimum absolute atomic E-state index is 0.508. The van der Waals surface area contributed by atoms with Crippen molar-refractivity contribution in [2.75, 3.05) is 17.3 Å². The molecule has 2 aromatic carbocycles. The third-order valence-electron chi connectivity index (χ3n) is 3.84. The Morgan fingerprint density at radius 2 is 1.75 bits per heavy atom. The fraction of sp³-hybridized carbons (Fsp3) is 0.211. The Labute approximate surface area is 142 Å². The summed E-state index contributed by atoms with van der Waals surface area (Å²) in [5.74, 6) is 1.29. The highest BCUT2D eigenvalue weighted by molar-refractivity contribution is 5.59. The maximum Gasteiger partial charge on any atom is 0.249 e. The second kappa shape index (κ2) is 7.55. The van der Waals surface area contributed by atoms with E-state index in [1.54, 1.807) is 6.20 Å². The van der Waals surface area contributed by atoms with Crippen molar-refractivity contribution in [1.29, 1.82) is 0 Å². The molecule has 0 aliphatic rings. The molecule has 122 valence electrons. The second-order valence-electron chi connectivity index (χ2n) is 5.62. The Bertz CT molecular complexity index is 789. The zero-order chi connectivity index (χ0) is 16.8. The Kier molecular flexibility index (Phi) is 5.01. The van der Waals surface area contributed by atoms with E-state index in [9.17, 15) is 0 Å². The summed E-state index contributed by atoms with van der Waals surface area (Å²) in [7, 11) is 2.00. The average molecular weight is 319 g/mol. The number of rotatable bonds is 6. The van der Waals surface area contributed by atoms with E-state index in [2.05, 4.69) is 50.5 Å². The first-order chi connectivity index (χ1) is 11.8. The van der Waals surface area contributed by atoms with E-state index >= 15 is 0 Å². The quantitative estimate of drug-likeness (QED) is 0.748. The standard InChI is InChI=1S/C19H21N5/c1-3-16-11-7-8-12-17(16)21-19-22-18(13-20-23-19)24(2)14-15-9-5-4-6-10-15/h4-13H,3,14H2,1-2H3,(H,21,22,23). The summed E-state index contributed by atoms with van der Waals surface area (Å²) in [6, 6.07) is 18.5. The Morgan fingerprint density at radius 1 is 1.00 bits per heavy atom. The van der Waals surface area contributed by atoms with Crippen molar-refractivity contribution < 1.29 is 0 Å². The normalized spacial score (nSPS) is 10.4. The van der Waals surface area contributed by atoms with Crippen LogP contribution in [0.2, 0.25) is 0 Å². The number of nitrogens with zero attached hydrogens (tertiary/aromatic N) is 4. The van der Waals surface area contributed by atoms with E-state index in [1.165, 1.54) is 11.1 Å². The molecule has 0 radical (unpaired) electrons. The Balaban J connectivity index is 1.76. The van der Waals surface area contributed by atoms with Gasteiger partial charge in [0.1, 0.15) is 0 Å². The molecular weight excluding hydrogens is 298 g/mol. The Hall–Kier alpha value is -2.95. The van der Waals surface area contributed by atoms with Gasteiger partial charge in [-0.25, -0.2) is 0 Å². The first kappa shape index (κ1) is 15.9. The molecule has 0 unspecified atom stereocenters. The van der Waals surface area contributed by atoms with Crippen molar-refractivity contribution in [3.63, 3.8) is 0 Å². The molecule has 1 N–H and O–H groups in total. The van der Waals surface area contributed by atoms with Crippen molar-refractivity contribution >= 4 is 17.5 Å². The number of hydrogen-bond donors (Lipinski definition) is 1. The molecular formula is C19H21N5. The third-order valence-corrected chi connectivity index (χ3v) is 3.84. The minimum atomic E-state index is 0.508. The number of nitrogens with one attached hydrogen (secondary N) is 1. The lowest BCUT2D eigenvalue weighted by atomic mass is 10.1. The van der Waals surface area contributed by atoms with Gasteiger partial charge >= 0.3 is 0 Å². The van der Waals surface area contributed by atoms with Gasteiger partial charge in [0.15, 0.2) is 5.82 Å². The van der Waals surface area contributed by atoms with Crippen LogP contribution in [0.4, 0.5) is 17.5 Å². The fourth-order valence-corrected chi connectivity index (χ4v) is 2.54. The van der Waals surface area contributed by atoms with Gasteiger partial charge in [0.2, 0.25) is 5.95 Å². The molecule has 3 aromatic rings. The molecule has 3 rings (SSSR count). The molecule has 1 heterocycles. The molecule has 0 fully saturated rings. The number of aryl methyl sites for hydroxylation is 1. The van der Waals surface area contributed by atoms with Crippen LogP contribution in [0.3, 0.4) is 0 Å². The lowest BCUT2D eigenvalue weighted by Crippen LogP contribution is -2.18. The topological polar surface area (TPSA) is 53.9 Å². The fourth-order valence-electron chi connectivity index (χ4n) is 2.54. The lowest BCUT2D eigenvalue weighted by molar-refractivity contribution is 0.866. The Morgan fingerprint density at radius 3 is 2.54 bits per heavy atom. The zero-order valence-corrected chi connectivity index (χ0v) is 14.0. The van der Waals surface area contributed by atoms with Crippen LogP contribution in [0.1, 0.15) is 18.1 Å². The van der Waals surface area contributed by atoms with Crippen molar-refractivity contribution in [2.24, 2.45) is 0 Å². The third kappa shape index (κ3) is 3.87. The zero-order valence-electron chi connectivity index (χ0n) is 14.0. The summed E-state index contributed by atoms with van der Waals surface area (Å²) in [5, 5.41) is 11.5. The first-order valence-electron chi connectivity index (χ1n) is 8.06. The molecule has 0 saturated heterocycles. The van der Waals surface area contributed by atoms with E-state index in [0.717, 1.165) is 24.5 Å². The van der Waals surface area contributed by atoms with Gasteiger partial charge in [-0.2, -0.15) is 10.1 Å². The predicted molar refractivity (Wildman–Crippen MR) is 97.5 cm³/mol. The SMILES string of the molecule is CCc1ccccc1Nc1nncc(N(C)Cc2ccccc2)n1. The van der Waals surface area contributed by atoms with E-state index in [1.807, 2.05) is 43.4 Å². The molecule has 1 aromatic heterocycles. The van der Waals surface area contributed by atoms with Gasteiger partial charge in [-0.1, -0.05) is 55.5 Å². The van der Waals surface area contributed by atoms with Crippen LogP contribution in [-0.4, -0.2) is 22.2 Å². The van der Waals surface area contributed by atoms with Crippen LogP contribution < -0.4 is 10.2 Å².